The van der Waals surface area contributed by atoms with Gasteiger partial charge in [-0.25, -0.2) is 9.97 Å². The zero-order valence-corrected chi connectivity index (χ0v) is 18.3. The first-order valence-corrected chi connectivity index (χ1v) is 10.6. The van der Waals surface area contributed by atoms with E-state index in [9.17, 15) is 4.79 Å². The Morgan fingerprint density at radius 1 is 1.22 bits per heavy atom. The SMILES string of the molecule is C=CC(=O)N1CCN(c2ncnc3c(OC)c(-c4cccc5[nH]ncc45)c(Cl)cc23)CC1. The molecule has 1 N–H and O–H groups in total. The Bertz CT molecular complexity index is 1340. The van der Waals surface area contributed by atoms with Crippen LogP contribution in [0.4, 0.5) is 5.82 Å². The summed E-state index contributed by atoms with van der Waals surface area (Å²) < 4.78 is 5.84. The predicted molar refractivity (Wildman–Crippen MR) is 125 cm³/mol. The Hall–Kier alpha value is -3.65. The highest BCUT2D eigenvalue weighted by Crippen LogP contribution is 2.45. The van der Waals surface area contributed by atoms with E-state index in [0.29, 0.717) is 42.5 Å². The van der Waals surface area contributed by atoms with E-state index in [0.717, 1.165) is 33.2 Å². The number of ether oxygens (including phenoxy) is 1. The number of fused-ring (bicyclic) bond motifs is 2. The largest absolute Gasteiger partial charge is 0.494 e. The molecule has 0 spiro atoms. The second-order valence-electron chi connectivity index (χ2n) is 7.51. The minimum atomic E-state index is -0.0556. The quantitative estimate of drug-likeness (QED) is 0.479. The standard InChI is InChI=1S/C23H21ClN6O2/c1-3-19(31)29-7-9-30(10-8-29)23-15-11-17(24)20(22(32-2)21(15)25-13-26-23)14-5-4-6-18-16(14)12-27-28-18/h3-6,11-13H,1,7-10H2,2H3,(H,27,28). The summed E-state index contributed by atoms with van der Waals surface area (Å²) in [6.45, 7) is 6.08. The molecule has 3 heterocycles. The van der Waals surface area contributed by atoms with Crippen molar-refractivity contribution in [1.82, 2.24) is 25.1 Å². The van der Waals surface area contributed by atoms with Gasteiger partial charge >= 0.3 is 0 Å². The Kier molecular flexibility index (Phi) is 5.14. The van der Waals surface area contributed by atoms with Gasteiger partial charge in [-0.1, -0.05) is 30.3 Å². The first-order valence-electron chi connectivity index (χ1n) is 10.2. The van der Waals surface area contributed by atoms with Crippen LogP contribution >= 0.6 is 11.6 Å². The topological polar surface area (TPSA) is 87.2 Å². The molecule has 9 heteroatoms. The van der Waals surface area contributed by atoms with Gasteiger partial charge in [-0.15, -0.1) is 0 Å². The summed E-state index contributed by atoms with van der Waals surface area (Å²) >= 11 is 6.83. The van der Waals surface area contributed by atoms with E-state index in [4.69, 9.17) is 16.3 Å². The third-order valence-electron chi connectivity index (χ3n) is 5.84. The average Bonchev–Trinajstić information content (AvgIpc) is 3.32. The van der Waals surface area contributed by atoms with E-state index >= 15 is 0 Å². The van der Waals surface area contributed by atoms with Crippen LogP contribution in [0.2, 0.25) is 5.02 Å². The van der Waals surface area contributed by atoms with Gasteiger partial charge in [-0.05, 0) is 23.8 Å². The number of nitrogens with one attached hydrogen (secondary N) is 1. The maximum absolute atomic E-state index is 11.9. The second-order valence-corrected chi connectivity index (χ2v) is 7.92. The third kappa shape index (κ3) is 3.23. The molecule has 1 amide bonds. The van der Waals surface area contributed by atoms with E-state index in [1.165, 1.54) is 12.4 Å². The first kappa shape index (κ1) is 20.3. The van der Waals surface area contributed by atoms with Crippen molar-refractivity contribution >= 4 is 45.1 Å². The Morgan fingerprint density at radius 2 is 2.03 bits per heavy atom. The van der Waals surface area contributed by atoms with Gasteiger partial charge in [0, 0.05) is 42.5 Å². The number of carbonyl (C=O) groups is 1. The maximum atomic E-state index is 11.9. The van der Waals surface area contributed by atoms with Crippen LogP contribution < -0.4 is 9.64 Å². The highest BCUT2D eigenvalue weighted by molar-refractivity contribution is 6.35. The summed E-state index contributed by atoms with van der Waals surface area (Å²) in [6.07, 6.45) is 4.67. The van der Waals surface area contributed by atoms with E-state index in [2.05, 4.69) is 31.6 Å². The van der Waals surface area contributed by atoms with Crippen molar-refractivity contribution in [3.63, 3.8) is 0 Å². The van der Waals surface area contributed by atoms with Crippen LogP contribution in [0.1, 0.15) is 0 Å². The number of carbonyl (C=O) groups excluding carboxylic acids is 1. The fraction of sp³-hybridized carbons (Fsp3) is 0.217. The van der Waals surface area contributed by atoms with Gasteiger partial charge in [0.25, 0.3) is 0 Å². The molecule has 2 aromatic heterocycles. The number of H-pyrrole nitrogens is 1. The van der Waals surface area contributed by atoms with E-state index in [1.807, 2.05) is 24.3 Å². The molecule has 0 atom stereocenters. The number of hydrogen-bond acceptors (Lipinski definition) is 6. The second kappa shape index (κ2) is 8.12. The number of rotatable bonds is 4. The van der Waals surface area contributed by atoms with Crippen LogP contribution in [-0.4, -0.2) is 64.3 Å². The minimum absolute atomic E-state index is 0.0556. The summed E-state index contributed by atoms with van der Waals surface area (Å²) in [7, 11) is 1.62. The van der Waals surface area contributed by atoms with Gasteiger partial charge in [0.2, 0.25) is 5.91 Å². The molecule has 1 saturated heterocycles. The molecule has 2 aromatic carbocycles. The van der Waals surface area contributed by atoms with Gasteiger partial charge < -0.3 is 14.5 Å². The summed E-state index contributed by atoms with van der Waals surface area (Å²) in [5, 5.41) is 9.45. The number of aromatic nitrogens is 4. The summed E-state index contributed by atoms with van der Waals surface area (Å²) in [6, 6.07) is 7.80. The molecule has 0 saturated carbocycles. The molecule has 1 fully saturated rings. The van der Waals surface area contributed by atoms with Gasteiger partial charge in [0.15, 0.2) is 5.75 Å². The smallest absolute Gasteiger partial charge is 0.246 e. The number of piperazine rings is 1. The molecule has 32 heavy (non-hydrogen) atoms. The molecule has 0 unspecified atom stereocenters. The number of anilines is 1. The van der Waals surface area contributed by atoms with Gasteiger partial charge in [0.1, 0.15) is 17.7 Å². The zero-order valence-electron chi connectivity index (χ0n) is 17.5. The highest BCUT2D eigenvalue weighted by Gasteiger charge is 2.25. The van der Waals surface area contributed by atoms with Crippen molar-refractivity contribution in [2.45, 2.75) is 0 Å². The van der Waals surface area contributed by atoms with E-state index < -0.39 is 0 Å². The summed E-state index contributed by atoms with van der Waals surface area (Å²) in [4.78, 5) is 24.9. The predicted octanol–water partition coefficient (Wildman–Crippen LogP) is 3.67. The van der Waals surface area contributed by atoms with Crippen LogP contribution in [0.15, 0.2) is 49.4 Å². The van der Waals surface area contributed by atoms with Gasteiger partial charge in [-0.2, -0.15) is 5.10 Å². The number of methoxy groups -OCH3 is 1. The molecule has 1 aliphatic heterocycles. The van der Waals surface area contributed by atoms with E-state index in [-0.39, 0.29) is 5.91 Å². The molecule has 8 nitrogen and oxygen atoms in total. The normalized spacial score (nSPS) is 14.2. The first-order chi connectivity index (χ1) is 15.6. The van der Waals surface area contributed by atoms with Crippen LogP contribution in [0.5, 0.6) is 5.75 Å². The van der Waals surface area contributed by atoms with Crippen LogP contribution in [0, 0.1) is 0 Å². The van der Waals surface area contributed by atoms with Gasteiger partial charge in [-0.3, -0.25) is 9.89 Å². The van der Waals surface area contributed by atoms with Crippen molar-refractivity contribution in [3.05, 3.63) is 54.5 Å². The lowest BCUT2D eigenvalue weighted by atomic mass is 9.99. The van der Waals surface area contributed by atoms with Crippen molar-refractivity contribution in [2.75, 3.05) is 38.2 Å². The number of nitrogens with zero attached hydrogens (tertiary/aromatic N) is 5. The molecule has 0 radical (unpaired) electrons. The third-order valence-corrected chi connectivity index (χ3v) is 6.14. The van der Waals surface area contributed by atoms with Gasteiger partial charge in [0.05, 0.1) is 23.8 Å². The summed E-state index contributed by atoms with van der Waals surface area (Å²) in [5.74, 6) is 1.30. The highest BCUT2D eigenvalue weighted by atomic mass is 35.5. The zero-order chi connectivity index (χ0) is 22.2. The molecule has 0 bridgehead atoms. The summed E-state index contributed by atoms with van der Waals surface area (Å²) in [5.41, 5.74) is 3.27. The molecule has 5 rings (SSSR count). The van der Waals surface area contributed by atoms with E-state index in [1.54, 1.807) is 18.2 Å². The molecular formula is C23H21ClN6O2. The van der Waals surface area contributed by atoms with Crippen molar-refractivity contribution < 1.29 is 9.53 Å². The van der Waals surface area contributed by atoms with Crippen LogP contribution in [-0.2, 0) is 4.79 Å². The van der Waals surface area contributed by atoms with Crippen LogP contribution in [0.3, 0.4) is 0 Å². The number of amides is 1. The van der Waals surface area contributed by atoms with Crippen molar-refractivity contribution in [1.29, 1.82) is 0 Å². The minimum Gasteiger partial charge on any atom is -0.494 e. The van der Waals surface area contributed by atoms with Crippen LogP contribution in [0.25, 0.3) is 32.9 Å². The Morgan fingerprint density at radius 3 is 2.78 bits per heavy atom. The van der Waals surface area contributed by atoms with Crippen molar-refractivity contribution in [3.8, 4) is 16.9 Å². The Balaban J connectivity index is 1.62. The number of benzene rings is 2. The number of aromatic amines is 1. The Labute approximate surface area is 189 Å². The van der Waals surface area contributed by atoms with Crippen molar-refractivity contribution in [2.24, 2.45) is 0 Å². The lowest BCUT2D eigenvalue weighted by Crippen LogP contribution is -2.48. The lowest BCUT2D eigenvalue weighted by molar-refractivity contribution is -0.126. The molecular weight excluding hydrogens is 428 g/mol. The average molecular weight is 449 g/mol. The monoisotopic (exact) mass is 448 g/mol. The molecule has 4 aromatic rings. The molecule has 0 aliphatic carbocycles. The molecule has 1 aliphatic rings. The number of hydrogen-bond donors (Lipinski definition) is 1. The fourth-order valence-electron chi connectivity index (χ4n) is 4.28. The lowest BCUT2D eigenvalue weighted by Gasteiger charge is -2.35. The molecule has 162 valence electrons. The number of halogens is 1. The fourth-order valence-corrected chi connectivity index (χ4v) is 4.58. The maximum Gasteiger partial charge on any atom is 0.246 e.